The molecule has 2 N–H and O–H groups in total. The van der Waals surface area contributed by atoms with Crippen LogP contribution >= 0.6 is 11.6 Å². The fourth-order valence-electron chi connectivity index (χ4n) is 2.72. The molecule has 0 atom stereocenters. The summed E-state index contributed by atoms with van der Waals surface area (Å²) >= 11 is 6.07. The maximum Gasteiger partial charge on any atom is 0.416 e. The normalized spacial score (nSPS) is 11.7. The van der Waals surface area contributed by atoms with E-state index in [1.165, 1.54) is 19.2 Å². The Morgan fingerprint density at radius 2 is 1.66 bits per heavy atom. The van der Waals surface area contributed by atoms with E-state index in [4.69, 9.17) is 16.3 Å². The van der Waals surface area contributed by atoms with Gasteiger partial charge in [-0.05, 0) is 48.5 Å². The molecule has 0 saturated heterocycles. The van der Waals surface area contributed by atoms with Gasteiger partial charge in [-0.3, -0.25) is 9.52 Å². The van der Waals surface area contributed by atoms with Gasteiger partial charge in [0.1, 0.15) is 5.75 Å². The van der Waals surface area contributed by atoms with Crippen molar-refractivity contribution in [2.24, 2.45) is 0 Å². The number of nitrogens with one attached hydrogen (secondary N) is 2. The Morgan fingerprint density at radius 3 is 2.34 bits per heavy atom. The highest BCUT2D eigenvalue weighted by atomic mass is 35.5. The van der Waals surface area contributed by atoms with Gasteiger partial charge in [-0.1, -0.05) is 23.7 Å². The van der Waals surface area contributed by atoms with Gasteiger partial charge in [0, 0.05) is 17.4 Å². The van der Waals surface area contributed by atoms with Crippen LogP contribution in [0.4, 0.5) is 24.5 Å². The Morgan fingerprint density at radius 1 is 0.969 bits per heavy atom. The van der Waals surface area contributed by atoms with Gasteiger partial charge < -0.3 is 10.1 Å². The number of hydrogen-bond donors (Lipinski definition) is 2. The highest BCUT2D eigenvalue weighted by Gasteiger charge is 2.31. The van der Waals surface area contributed by atoms with E-state index in [1.54, 1.807) is 24.3 Å². The number of methoxy groups -OCH3 is 1. The fourth-order valence-corrected chi connectivity index (χ4v) is 4.00. The van der Waals surface area contributed by atoms with E-state index in [1.807, 2.05) is 0 Å². The highest BCUT2D eigenvalue weighted by molar-refractivity contribution is 7.92. The average Bonchev–Trinajstić information content (AvgIpc) is 2.73. The quantitative estimate of drug-likeness (QED) is 0.489. The summed E-state index contributed by atoms with van der Waals surface area (Å²) in [4.78, 5) is 12.3. The number of anilines is 2. The zero-order valence-corrected chi connectivity index (χ0v) is 18.0. The van der Waals surface area contributed by atoms with Crippen LogP contribution in [0.3, 0.4) is 0 Å². The molecule has 0 heterocycles. The van der Waals surface area contributed by atoms with E-state index in [9.17, 15) is 26.4 Å². The van der Waals surface area contributed by atoms with Gasteiger partial charge >= 0.3 is 6.18 Å². The van der Waals surface area contributed by atoms with Crippen LogP contribution in [0.1, 0.15) is 15.9 Å². The maximum absolute atomic E-state index is 12.9. The number of alkyl halides is 3. The number of amides is 1. The van der Waals surface area contributed by atoms with E-state index >= 15 is 0 Å². The zero-order chi connectivity index (χ0) is 23.5. The van der Waals surface area contributed by atoms with Crippen molar-refractivity contribution in [1.29, 1.82) is 0 Å². The standard InChI is InChI=1S/C21H16ClF3N2O4S/c1-31-16-7-3-5-14(11-16)26-20(28)18-12-17(8-9-19(18)22)32(29,30)27-15-6-2-4-13(10-15)21(23,24)25/h2-12,27H,1H3,(H,26,28). The first-order chi connectivity index (χ1) is 15.0. The fraction of sp³-hybridized carbons (Fsp3) is 0.0952. The molecule has 32 heavy (non-hydrogen) atoms. The number of halogens is 4. The smallest absolute Gasteiger partial charge is 0.416 e. The zero-order valence-electron chi connectivity index (χ0n) is 16.4. The summed E-state index contributed by atoms with van der Waals surface area (Å²) in [6, 6.07) is 13.6. The van der Waals surface area contributed by atoms with Crippen molar-refractivity contribution >= 4 is 38.9 Å². The van der Waals surface area contributed by atoms with E-state index in [2.05, 4.69) is 10.0 Å². The minimum Gasteiger partial charge on any atom is -0.497 e. The van der Waals surface area contributed by atoms with Crippen LogP contribution in [0.5, 0.6) is 5.75 Å². The van der Waals surface area contributed by atoms with Crippen LogP contribution in [-0.2, 0) is 16.2 Å². The van der Waals surface area contributed by atoms with E-state index in [0.29, 0.717) is 17.5 Å². The molecule has 3 aromatic carbocycles. The van der Waals surface area contributed by atoms with Crippen LogP contribution in [0.15, 0.2) is 71.6 Å². The van der Waals surface area contributed by atoms with Crippen molar-refractivity contribution < 1.29 is 31.1 Å². The Kier molecular flexibility index (Phi) is 6.65. The molecule has 0 aliphatic rings. The number of hydrogen-bond acceptors (Lipinski definition) is 4. The van der Waals surface area contributed by atoms with E-state index in [-0.39, 0.29) is 21.2 Å². The second kappa shape index (κ2) is 9.09. The van der Waals surface area contributed by atoms with E-state index in [0.717, 1.165) is 24.3 Å². The third kappa shape index (κ3) is 5.51. The molecule has 0 radical (unpaired) electrons. The van der Waals surface area contributed by atoms with Gasteiger partial charge in [-0.25, -0.2) is 8.42 Å². The molecule has 0 unspecified atom stereocenters. The van der Waals surface area contributed by atoms with Crippen LogP contribution in [0.2, 0.25) is 5.02 Å². The minimum absolute atomic E-state index is 0.0107. The monoisotopic (exact) mass is 484 g/mol. The van der Waals surface area contributed by atoms with Gasteiger partial charge in [-0.15, -0.1) is 0 Å². The lowest BCUT2D eigenvalue weighted by Crippen LogP contribution is -2.17. The van der Waals surface area contributed by atoms with Crippen LogP contribution < -0.4 is 14.8 Å². The number of carbonyl (C=O) groups excluding carboxylic acids is 1. The second-order valence-corrected chi connectivity index (χ2v) is 8.60. The minimum atomic E-state index is -4.63. The molecule has 0 spiro atoms. The average molecular weight is 485 g/mol. The summed E-state index contributed by atoms with van der Waals surface area (Å²) in [5.74, 6) is -0.185. The Bertz CT molecular complexity index is 1260. The molecule has 168 valence electrons. The van der Waals surface area contributed by atoms with Crippen molar-refractivity contribution in [2.75, 3.05) is 17.1 Å². The molecule has 0 bridgehead atoms. The molecular weight excluding hydrogens is 469 g/mol. The summed E-state index contributed by atoms with van der Waals surface area (Å²) in [6.07, 6.45) is -4.63. The van der Waals surface area contributed by atoms with Crippen LogP contribution in [0, 0.1) is 0 Å². The third-order valence-electron chi connectivity index (χ3n) is 4.26. The molecule has 0 aliphatic carbocycles. The Hall–Kier alpha value is -3.24. The molecular formula is C21H16ClF3N2O4S. The van der Waals surface area contributed by atoms with Crippen molar-refractivity contribution in [3.8, 4) is 5.75 Å². The number of benzene rings is 3. The first kappa shape index (κ1) is 23.4. The van der Waals surface area contributed by atoms with Gasteiger partial charge in [0.2, 0.25) is 0 Å². The molecule has 0 aromatic heterocycles. The van der Waals surface area contributed by atoms with Gasteiger partial charge in [-0.2, -0.15) is 13.2 Å². The summed E-state index contributed by atoms with van der Waals surface area (Å²) in [7, 11) is -2.85. The first-order valence-electron chi connectivity index (χ1n) is 8.94. The number of carbonyl (C=O) groups is 1. The molecule has 3 rings (SSSR count). The lowest BCUT2D eigenvalue weighted by molar-refractivity contribution is -0.137. The SMILES string of the molecule is COc1cccc(NC(=O)c2cc(S(=O)(=O)Nc3cccc(C(F)(F)F)c3)ccc2Cl)c1. The van der Waals surface area contributed by atoms with Crippen LogP contribution in [0.25, 0.3) is 0 Å². The van der Waals surface area contributed by atoms with Crippen molar-refractivity contribution in [3.63, 3.8) is 0 Å². The summed E-state index contributed by atoms with van der Waals surface area (Å²) in [5, 5.41) is 2.57. The van der Waals surface area contributed by atoms with E-state index < -0.39 is 27.7 Å². The van der Waals surface area contributed by atoms with Crippen molar-refractivity contribution in [3.05, 3.63) is 82.9 Å². The molecule has 6 nitrogen and oxygen atoms in total. The molecule has 3 aromatic rings. The molecule has 0 aliphatic heterocycles. The lowest BCUT2D eigenvalue weighted by Gasteiger charge is -2.13. The predicted molar refractivity (Wildman–Crippen MR) is 115 cm³/mol. The summed E-state index contributed by atoms with van der Waals surface area (Å²) in [5.41, 5.74) is -1.04. The Balaban J connectivity index is 1.87. The molecule has 1 amide bonds. The largest absolute Gasteiger partial charge is 0.497 e. The molecule has 11 heteroatoms. The number of ether oxygens (including phenoxy) is 1. The third-order valence-corrected chi connectivity index (χ3v) is 5.97. The van der Waals surface area contributed by atoms with Gasteiger partial charge in [0.05, 0.1) is 28.2 Å². The maximum atomic E-state index is 12.9. The Labute approximate surface area is 187 Å². The van der Waals surface area contributed by atoms with Gasteiger partial charge in [0.25, 0.3) is 15.9 Å². The van der Waals surface area contributed by atoms with Crippen molar-refractivity contribution in [2.45, 2.75) is 11.1 Å². The number of rotatable bonds is 6. The molecule has 0 saturated carbocycles. The number of sulfonamides is 1. The summed E-state index contributed by atoms with van der Waals surface area (Å²) in [6.45, 7) is 0. The van der Waals surface area contributed by atoms with Crippen molar-refractivity contribution in [1.82, 2.24) is 0 Å². The molecule has 0 fully saturated rings. The topological polar surface area (TPSA) is 84.5 Å². The second-order valence-electron chi connectivity index (χ2n) is 6.51. The van der Waals surface area contributed by atoms with Crippen LogP contribution in [-0.4, -0.2) is 21.4 Å². The van der Waals surface area contributed by atoms with Gasteiger partial charge in [0.15, 0.2) is 0 Å². The first-order valence-corrected chi connectivity index (χ1v) is 10.8. The lowest BCUT2D eigenvalue weighted by atomic mass is 10.2. The summed E-state index contributed by atoms with van der Waals surface area (Å²) < 4.78 is 71.2. The predicted octanol–water partition coefficient (Wildman–Crippen LogP) is 5.42. The highest BCUT2D eigenvalue weighted by Crippen LogP contribution is 2.31.